The summed E-state index contributed by atoms with van der Waals surface area (Å²) < 4.78 is 18.4. The Morgan fingerprint density at radius 1 is 0.400 bits per heavy atom. The molecule has 1 aliphatic heterocycles. The second-order valence-corrected chi connectivity index (χ2v) is 15.0. The maximum atomic E-state index is 3.69. The molecule has 15 heavy (non-hydrogen) atoms. The quantitative estimate of drug-likeness (QED) is 0.353. The van der Waals surface area contributed by atoms with Crippen LogP contribution in [0.1, 0.15) is 0 Å². The van der Waals surface area contributed by atoms with Crippen LogP contribution in [0.25, 0.3) is 0 Å². The van der Waals surface area contributed by atoms with Crippen LogP contribution in [0.15, 0.2) is 0 Å². The largest absolute Gasteiger partial charge is 0.337 e. The summed E-state index contributed by atoms with van der Waals surface area (Å²) in [5.41, 5.74) is 0. The molecule has 0 bridgehead atoms. The second-order valence-electron chi connectivity index (χ2n) is 3.75. The van der Waals surface area contributed by atoms with Gasteiger partial charge < -0.3 is 23.2 Å². The summed E-state index contributed by atoms with van der Waals surface area (Å²) in [4.78, 5) is 0. The van der Waals surface area contributed by atoms with Crippen LogP contribution in [-0.4, -0.2) is 45.6 Å². The maximum absolute atomic E-state index is 3.69. The highest BCUT2D eigenvalue weighted by Gasteiger charge is 2.23. The summed E-state index contributed by atoms with van der Waals surface area (Å²) in [7, 11) is -2.82. The van der Waals surface area contributed by atoms with Gasteiger partial charge in [-0.25, -0.2) is 0 Å². The van der Waals surface area contributed by atoms with Gasteiger partial charge in [0.15, 0.2) is 0 Å². The molecule has 0 atom stereocenters. The lowest BCUT2D eigenvalue weighted by atomic mass is 11.9. The molecular weight excluding hydrogens is 271 g/mol. The van der Waals surface area contributed by atoms with Crippen molar-refractivity contribution in [3.05, 3.63) is 0 Å². The summed E-state index contributed by atoms with van der Waals surface area (Å²) >= 11 is 0. The molecule has 0 unspecified atom stereocenters. The van der Waals surface area contributed by atoms with Gasteiger partial charge in [0.25, 0.3) is 0 Å². The Hall–Kier alpha value is 0.884. The van der Waals surface area contributed by atoms with Crippen molar-refractivity contribution in [3.8, 4) is 0 Å². The van der Waals surface area contributed by atoms with Crippen LogP contribution in [0.4, 0.5) is 0 Å². The number of hydrogen-bond acceptors (Lipinski definition) is 5. The predicted octanol–water partition coefficient (Wildman–Crippen LogP) is -1.46. The molecule has 5 nitrogen and oxygen atoms in total. The van der Waals surface area contributed by atoms with Gasteiger partial charge in [-0.05, 0) is 32.7 Å². The SMILES string of the molecule is C[Si]1N[Si](C)N[Si](C)N[Si](C)N[Si](C)N1. The zero-order valence-electron chi connectivity index (χ0n) is 10.0. The van der Waals surface area contributed by atoms with Gasteiger partial charge in [-0.1, -0.05) is 0 Å². The van der Waals surface area contributed by atoms with Crippen molar-refractivity contribution in [2.24, 2.45) is 0 Å². The minimum absolute atomic E-state index is 0.564. The highest BCUT2D eigenvalue weighted by molar-refractivity contribution is 6.86. The van der Waals surface area contributed by atoms with Gasteiger partial charge in [-0.15, -0.1) is 0 Å². The maximum Gasteiger partial charge on any atom is 0.207 e. The van der Waals surface area contributed by atoms with E-state index in [4.69, 9.17) is 0 Å². The normalized spacial score (nSPS) is 27.0. The molecule has 5 N–H and O–H groups in total. The monoisotopic (exact) mass is 290 g/mol. The first kappa shape index (κ1) is 13.9. The Balaban J connectivity index is 2.55. The molecule has 1 aliphatic rings. The first-order valence-electron chi connectivity index (χ1n) is 5.00. The zero-order valence-corrected chi connectivity index (χ0v) is 15.0. The van der Waals surface area contributed by atoms with E-state index in [2.05, 4.69) is 56.0 Å². The zero-order chi connectivity index (χ0) is 11.4. The van der Waals surface area contributed by atoms with Crippen molar-refractivity contribution in [1.82, 2.24) is 23.2 Å². The highest BCUT2D eigenvalue weighted by Crippen LogP contribution is 1.83. The van der Waals surface area contributed by atoms with Gasteiger partial charge in [0.05, 0.1) is 0 Å². The summed E-state index contributed by atoms with van der Waals surface area (Å²) in [6.07, 6.45) is 0. The van der Waals surface area contributed by atoms with Gasteiger partial charge in [-0.3, -0.25) is 0 Å². The Morgan fingerprint density at radius 3 is 0.667 bits per heavy atom. The van der Waals surface area contributed by atoms with Crippen LogP contribution in [0.3, 0.4) is 0 Å². The Kier molecular flexibility index (Phi) is 6.12. The van der Waals surface area contributed by atoms with Gasteiger partial charge in [-0.2, -0.15) is 0 Å². The molecule has 0 aliphatic carbocycles. The average molecular weight is 291 g/mol. The molecule has 1 fully saturated rings. The summed E-state index contributed by atoms with van der Waals surface area (Å²) in [6, 6.07) is 0. The third kappa shape index (κ3) is 5.67. The molecule has 0 aromatic carbocycles. The minimum Gasteiger partial charge on any atom is -0.337 e. The van der Waals surface area contributed by atoms with E-state index in [1.807, 2.05) is 0 Å². The topological polar surface area (TPSA) is 60.1 Å². The smallest absolute Gasteiger partial charge is 0.207 e. The lowest BCUT2D eigenvalue weighted by Gasteiger charge is -2.29. The number of hydrogen-bond donors (Lipinski definition) is 5. The van der Waals surface area contributed by atoms with Crippen molar-refractivity contribution < 1.29 is 0 Å². The van der Waals surface area contributed by atoms with Crippen LogP contribution in [0.2, 0.25) is 32.7 Å². The molecule has 1 heterocycles. The van der Waals surface area contributed by atoms with E-state index >= 15 is 0 Å². The second kappa shape index (κ2) is 6.58. The Bertz CT molecular complexity index is 140. The van der Waals surface area contributed by atoms with E-state index in [0.29, 0.717) is 0 Å². The molecule has 85 valence electrons. The van der Waals surface area contributed by atoms with Crippen molar-refractivity contribution in [3.63, 3.8) is 0 Å². The van der Waals surface area contributed by atoms with E-state index in [1.165, 1.54) is 0 Å². The molecule has 1 rings (SSSR count). The van der Waals surface area contributed by atoms with Crippen molar-refractivity contribution in [2.75, 3.05) is 0 Å². The minimum atomic E-state index is -0.564. The van der Waals surface area contributed by atoms with Crippen molar-refractivity contribution >= 4 is 45.6 Å². The van der Waals surface area contributed by atoms with E-state index in [1.54, 1.807) is 0 Å². The molecule has 0 aromatic rings. The van der Waals surface area contributed by atoms with E-state index < -0.39 is 45.6 Å². The fourth-order valence-corrected chi connectivity index (χ4v) is 16.9. The van der Waals surface area contributed by atoms with Crippen molar-refractivity contribution in [1.29, 1.82) is 0 Å². The molecule has 0 spiro atoms. The lowest BCUT2D eigenvalue weighted by Crippen LogP contribution is -2.71. The Labute approximate surface area is 102 Å². The van der Waals surface area contributed by atoms with Crippen LogP contribution >= 0.6 is 0 Å². The van der Waals surface area contributed by atoms with Crippen molar-refractivity contribution in [2.45, 2.75) is 32.7 Å². The molecule has 0 aromatic heterocycles. The first-order chi connectivity index (χ1) is 6.97. The van der Waals surface area contributed by atoms with E-state index in [0.717, 1.165) is 0 Å². The molecule has 0 amide bonds. The van der Waals surface area contributed by atoms with Gasteiger partial charge >= 0.3 is 0 Å². The van der Waals surface area contributed by atoms with Gasteiger partial charge in [0, 0.05) is 0 Å². The first-order valence-corrected chi connectivity index (χ1v) is 15.0. The van der Waals surface area contributed by atoms with Gasteiger partial charge in [0.2, 0.25) is 45.6 Å². The number of rotatable bonds is 0. The van der Waals surface area contributed by atoms with E-state index in [-0.39, 0.29) is 0 Å². The van der Waals surface area contributed by atoms with Crippen LogP contribution in [0.5, 0.6) is 0 Å². The predicted molar refractivity (Wildman–Crippen MR) is 73.8 cm³/mol. The molecule has 1 saturated heterocycles. The summed E-state index contributed by atoms with van der Waals surface area (Å²) in [5, 5.41) is 0. The van der Waals surface area contributed by atoms with E-state index in [9.17, 15) is 0 Å². The van der Waals surface area contributed by atoms with Crippen LogP contribution < -0.4 is 23.2 Å². The number of nitrogens with one attached hydrogen (secondary N) is 5. The van der Waals surface area contributed by atoms with Crippen LogP contribution in [0, 0.1) is 0 Å². The highest BCUT2D eigenvalue weighted by atomic mass is 28.4. The fourth-order valence-electron chi connectivity index (χ4n) is 1.56. The molecule has 5 radical (unpaired) electrons. The van der Waals surface area contributed by atoms with Gasteiger partial charge in [0.1, 0.15) is 0 Å². The molecule has 0 saturated carbocycles. The molecular formula is C5H20N5Si5. The third-order valence-electron chi connectivity index (χ3n) is 1.88. The standard InChI is InChI=1S/C5H20N5Si5/c1-11-6-12(2)8-14(4)10-15(5)9-13(3)7-11/h6-10H,1-5H3. The summed E-state index contributed by atoms with van der Waals surface area (Å²) in [6.45, 7) is 11.5. The third-order valence-corrected chi connectivity index (χ3v) is 16.9. The van der Waals surface area contributed by atoms with Crippen LogP contribution in [-0.2, 0) is 0 Å². The fraction of sp³-hybridized carbons (Fsp3) is 1.00. The average Bonchev–Trinajstić information content (AvgIpc) is 1.98. The Morgan fingerprint density at radius 2 is 0.533 bits per heavy atom. The molecule has 10 heteroatoms. The summed E-state index contributed by atoms with van der Waals surface area (Å²) in [5.74, 6) is 0. The lowest BCUT2D eigenvalue weighted by molar-refractivity contribution is 1.16.